The van der Waals surface area contributed by atoms with Gasteiger partial charge in [-0.2, -0.15) is 12.7 Å². The van der Waals surface area contributed by atoms with Crippen LogP contribution in [0.1, 0.15) is 27.2 Å². The van der Waals surface area contributed by atoms with Crippen LogP contribution in [0.3, 0.4) is 0 Å². The van der Waals surface area contributed by atoms with Gasteiger partial charge in [-0.15, -0.1) is 0 Å². The third kappa shape index (κ3) is 3.61. The first-order valence-corrected chi connectivity index (χ1v) is 8.00. The van der Waals surface area contributed by atoms with Crippen molar-refractivity contribution in [3.8, 4) is 0 Å². The van der Waals surface area contributed by atoms with Crippen molar-refractivity contribution in [2.75, 3.05) is 29.7 Å². The minimum absolute atomic E-state index is 0.461. The van der Waals surface area contributed by atoms with Crippen LogP contribution in [-0.2, 0) is 10.2 Å². The minimum atomic E-state index is -3.47. The molecule has 1 aromatic rings. The number of nitrogens with zero attached hydrogens (tertiary/aromatic N) is 2. The second-order valence-corrected chi connectivity index (χ2v) is 6.11. The predicted octanol–water partition coefficient (Wildman–Crippen LogP) is 2.07. The normalized spacial score (nSPS) is 11.8. The van der Waals surface area contributed by atoms with Crippen molar-refractivity contribution in [3.05, 3.63) is 24.3 Å². The van der Waals surface area contributed by atoms with Crippen LogP contribution < -0.4 is 10.0 Å². The van der Waals surface area contributed by atoms with Crippen molar-refractivity contribution in [1.82, 2.24) is 4.31 Å². The number of hydrogen-bond donors (Lipinski definition) is 1. The molecule has 0 aliphatic rings. The first-order chi connectivity index (χ1) is 8.97. The molecule has 0 bridgehead atoms. The molecule has 0 fully saturated rings. The van der Waals surface area contributed by atoms with E-state index in [2.05, 4.69) is 0 Å². The van der Waals surface area contributed by atoms with E-state index in [1.165, 1.54) is 8.61 Å². The lowest BCUT2D eigenvalue weighted by molar-refractivity contribution is 0.441. The zero-order valence-corrected chi connectivity index (χ0v) is 12.7. The summed E-state index contributed by atoms with van der Waals surface area (Å²) in [5.74, 6) is 0. The Bertz CT molecular complexity index is 481. The quantitative estimate of drug-likeness (QED) is 0.780. The second kappa shape index (κ2) is 6.77. The number of benzene rings is 1. The summed E-state index contributed by atoms with van der Waals surface area (Å²) >= 11 is 0. The van der Waals surface area contributed by atoms with Crippen LogP contribution in [-0.4, -0.2) is 32.4 Å². The van der Waals surface area contributed by atoms with Gasteiger partial charge >= 0.3 is 10.2 Å². The maximum absolute atomic E-state index is 12.6. The summed E-state index contributed by atoms with van der Waals surface area (Å²) in [6, 6.07) is 6.92. The highest BCUT2D eigenvalue weighted by Gasteiger charge is 2.27. The molecular weight excluding hydrogens is 262 g/mol. The van der Waals surface area contributed by atoms with Crippen molar-refractivity contribution >= 4 is 21.6 Å². The van der Waals surface area contributed by atoms with E-state index in [9.17, 15) is 8.42 Å². The fraction of sp³-hybridized carbons (Fsp3) is 0.538. The summed E-state index contributed by atoms with van der Waals surface area (Å²) in [5.41, 5.74) is 6.92. The van der Waals surface area contributed by atoms with Gasteiger partial charge < -0.3 is 5.73 Å². The monoisotopic (exact) mass is 285 g/mol. The molecule has 0 saturated heterocycles. The number of hydrogen-bond acceptors (Lipinski definition) is 3. The summed E-state index contributed by atoms with van der Waals surface area (Å²) in [6.45, 7) is 7.04. The molecule has 19 heavy (non-hydrogen) atoms. The molecule has 2 N–H and O–H groups in total. The molecule has 1 rings (SSSR count). The molecule has 0 aromatic heterocycles. The molecule has 0 spiro atoms. The van der Waals surface area contributed by atoms with Crippen LogP contribution in [0.15, 0.2) is 24.3 Å². The van der Waals surface area contributed by atoms with Gasteiger partial charge in [0.2, 0.25) is 0 Å². The molecule has 0 aliphatic heterocycles. The number of nitrogens with two attached hydrogens (primary N) is 1. The fourth-order valence-corrected chi connectivity index (χ4v) is 3.64. The van der Waals surface area contributed by atoms with E-state index in [-0.39, 0.29) is 0 Å². The molecule has 1 aromatic carbocycles. The molecule has 0 radical (unpaired) electrons. The van der Waals surface area contributed by atoms with Gasteiger partial charge in [-0.05, 0) is 30.7 Å². The predicted molar refractivity (Wildman–Crippen MR) is 80.3 cm³/mol. The van der Waals surface area contributed by atoms with Crippen LogP contribution in [0.2, 0.25) is 0 Å². The Hall–Kier alpha value is -1.27. The third-order valence-corrected chi connectivity index (χ3v) is 5.04. The number of rotatable bonds is 7. The lowest BCUT2D eigenvalue weighted by Gasteiger charge is -2.30. The van der Waals surface area contributed by atoms with Crippen LogP contribution in [0.4, 0.5) is 11.4 Å². The first-order valence-electron chi connectivity index (χ1n) is 6.60. The third-order valence-electron chi connectivity index (χ3n) is 2.92. The molecule has 0 aliphatic carbocycles. The van der Waals surface area contributed by atoms with Crippen LogP contribution >= 0.6 is 0 Å². The molecule has 0 atom stereocenters. The van der Waals surface area contributed by atoms with E-state index in [0.717, 1.165) is 6.42 Å². The van der Waals surface area contributed by atoms with E-state index >= 15 is 0 Å². The Labute approximate surface area is 116 Å². The molecule has 108 valence electrons. The highest BCUT2D eigenvalue weighted by Crippen LogP contribution is 2.22. The average Bonchev–Trinajstić information content (AvgIpc) is 2.38. The van der Waals surface area contributed by atoms with E-state index in [1.54, 1.807) is 24.3 Å². The van der Waals surface area contributed by atoms with Crippen molar-refractivity contribution < 1.29 is 8.42 Å². The summed E-state index contributed by atoms with van der Waals surface area (Å²) in [7, 11) is -3.47. The molecule has 0 heterocycles. The lowest BCUT2D eigenvalue weighted by Crippen LogP contribution is -2.44. The molecule has 6 heteroatoms. The Morgan fingerprint density at radius 1 is 1.05 bits per heavy atom. The van der Waals surface area contributed by atoms with Crippen molar-refractivity contribution in [1.29, 1.82) is 0 Å². The van der Waals surface area contributed by atoms with E-state index < -0.39 is 10.2 Å². The van der Waals surface area contributed by atoms with Crippen molar-refractivity contribution in [2.24, 2.45) is 0 Å². The first kappa shape index (κ1) is 15.8. The molecule has 0 unspecified atom stereocenters. The van der Waals surface area contributed by atoms with Crippen LogP contribution in [0.5, 0.6) is 0 Å². The Morgan fingerprint density at radius 3 is 2.00 bits per heavy atom. The van der Waals surface area contributed by atoms with Crippen LogP contribution in [0, 0.1) is 0 Å². The van der Waals surface area contributed by atoms with Gasteiger partial charge in [-0.25, -0.2) is 0 Å². The van der Waals surface area contributed by atoms with E-state index in [1.807, 2.05) is 20.8 Å². The lowest BCUT2D eigenvalue weighted by atomic mass is 10.3. The second-order valence-electron chi connectivity index (χ2n) is 4.26. The summed E-state index contributed by atoms with van der Waals surface area (Å²) in [5, 5.41) is 0. The largest absolute Gasteiger partial charge is 0.399 e. The Morgan fingerprint density at radius 2 is 1.58 bits per heavy atom. The van der Waals surface area contributed by atoms with Crippen molar-refractivity contribution in [3.63, 3.8) is 0 Å². The maximum atomic E-state index is 12.6. The SMILES string of the molecule is CCCN(c1ccc(N)cc1)S(=O)(=O)N(CC)CC. The van der Waals surface area contributed by atoms with E-state index in [0.29, 0.717) is 31.0 Å². The summed E-state index contributed by atoms with van der Waals surface area (Å²) in [4.78, 5) is 0. The zero-order valence-electron chi connectivity index (χ0n) is 11.8. The molecule has 0 saturated carbocycles. The standard InChI is InChI=1S/C13H23N3O2S/c1-4-11-16(13-9-7-12(14)8-10-13)19(17,18)15(5-2)6-3/h7-10H,4-6,11,14H2,1-3H3. The number of anilines is 2. The fourth-order valence-electron chi connectivity index (χ4n) is 1.91. The molecule has 0 amide bonds. The Kier molecular flexibility index (Phi) is 5.62. The Balaban J connectivity index is 3.16. The highest BCUT2D eigenvalue weighted by atomic mass is 32.2. The van der Waals surface area contributed by atoms with Gasteiger partial charge in [0, 0.05) is 25.3 Å². The van der Waals surface area contributed by atoms with Gasteiger partial charge in [0.15, 0.2) is 0 Å². The zero-order chi connectivity index (χ0) is 14.5. The van der Waals surface area contributed by atoms with Gasteiger partial charge in [0.05, 0.1) is 5.69 Å². The van der Waals surface area contributed by atoms with Crippen LogP contribution in [0.25, 0.3) is 0 Å². The molecule has 5 nitrogen and oxygen atoms in total. The van der Waals surface area contributed by atoms with Gasteiger partial charge in [0.1, 0.15) is 0 Å². The van der Waals surface area contributed by atoms with Gasteiger partial charge in [0.25, 0.3) is 0 Å². The average molecular weight is 285 g/mol. The number of nitrogen functional groups attached to an aromatic ring is 1. The van der Waals surface area contributed by atoms with Gasteiger partial charge in [-0.1, -0.05) is 20.8 Å². The van der Waals surface area contributed by atoms with Crippen molar-refractivity contribution in [2.45, 2.75) is 27.2 Å². The maximum Gasteiger partial charge on any atom is 0.304 e. The van der Waals surface area contributed by atoms with E-state index in [4.69, 9.17) is 5.73 Å². The minimum Gasteiger partial charge on any atom is -0.399 e. The summed E-state index contributed by atoms with van der Waals surface area (Å²) in [6.07, 6.45) is 0.755. The molecular formula is C13H23N3O2S. The topological polar surface area (TPSA) is 66.6 Å². The summed E-state index contributed by atoms with van der Waals surface area (Å²) < 4.78 is 28.1. The smallest absolute Gasteiger partial charge is 0.304 e. The van der Waals surface area contributed by atoms with Gasteiger partial charge in [-0.3, -0.25) is 4.31 Å². The highest BCUT2D eigenvalue weighted by molar-refractivity contribution is 7.90.